The lowest BCUT2D eigenvalue weighted by Crippen LogP contribution is -2.19. The zero-order chi connectivity index (χ0) is 12.2. The van der Waals surface area contributed by atoms with E-state index >= 15 is 0 Å². The fraction of sp³-hybridized carbons (Fsp3) is 1.00. The zero-order valence-electron chi connectivity index (χ0n) is 11.4. The van der Waals surface area contributed by atoms with Gasteiger partial charge in [0.05, 0.1) is 0 Å². The predicted molar refractivity (Wildman–Crippen MR) is 82.2 cm³/mol. The van der Waals surface area contributed by atoms with Crippen molar-refractivity contribution in [2.45, 2.75) is 59.3 Å². The lowest BCUT2D eigenvalue weighted by molar-refractivity contribution is 0.265. The van der Waals surface area contributed by atoms with Crippen molar-refractivity contribution in [3.63, 3.8) is 0 Å². The van der Waals surface area contributed by atoms with Crippen LogP contribution in [0.4, 0.5) is 0 Å². The first kappa shape index (κ1) is 14.9. The molecule has 4 unspecified atom stereocenters. The summed E-state index contributed by atoms with van der Waals surface area (Å²) in [5.74, 6) is 0.980. The molecule has 1 aliphatic rings. The molecule has 1 rings (SSSR count). The quantitative estimate of drug-likeness (QED) is 0.506. The van der Waals surface area contributed by atoms with Crippen LogP contribution in [0.5, 0.6) is 0 Å². The molecule has 0 heterocycles. The Morgan fingerprint density at radius 2 is 1.88 bits per heavy atom. The van der Waals surface area contributed by atoms with Crippen LogP contribution >= 0.6 is 18.5 Å². The molecule has 1 aliphatic carbocycles. The minimum absolute atomic E-state index is 0.525. The number of rotatable bonds is 4. The summed E-state index contributed by atoms with van der Waals surface area (Å²) >= 11 is 0. The van der Waals surface area contributed by atoms with E-state index in [-0.39, 0.29) is 0 Å². The predicted octanol–water partition coefficient (Wildman–Crippen LogP) is 4.74. The summed E-state index contributed by atoms with van der Waals surface area (Å²) in [4.78, 5) is 0. The normalized spacial score (nSPS) is 32.4. The highest BCUT2D eigenvalue weighted by molar-refractivity contribution is 7.16. The maximum atomic E-state index is 2.96. The molecular weight excluding hydrogens is 230 g/mol. The summed E-state index contributed by atoms with van der Waals surface area (Å²) in [5.41, 5.74) is 1.14. The third kappa shape index (κ3) is 4.62. The van der Waals surface area contributed by atoms with Gasteiger partial charge in [-0.2, -0.15) is 0 Å². The van der Waals surface area contributed by atoms with Crippen LogP contribution in [0.3, 0.4) is 0 Å². The van der Waals surface area contributed by atoms with Crippen LogP contribution in [0, 0.1) is 16.7 Å². The summed E-state index contributed by atoms with van der Waals surface area (Å²) in [6.45, 7) is 7.31. The Balaban J connectivity index is 2.48. The average molecular weight is 260 g/mol. The van der Waals surface area contributed by atoms with Crippen LogP contribution in [0.25, 0.3) is 0 Å². The van der Waals surface area contributed by atoms with Gasteiger partial charge in [-0.3, -0.25) is 0 Å². The molecule has 0 aromatic carbocycles. The van der Waals surface area contributed by atoms with Crippen molar-refractivity contribution in [1.29, 1.82) is 0 Å². The molecule has 0 aliphatic heterocycles. The Labute approximate surface area is 107 Å². The van der Waals surface area contributed by atoms with Crippen LogP contribution in [0.1, 0.15) is 59.3 Å². The average Bonchev–Trinajstić information content (AvgIpc) is 2.42. The molecule has 2 heteroatoms. The van der Waals surface area contributed by atoms with Gasteiger partial charge in [-0.25, -0.2) is 0 Å². The van der Waals surface area contributed by atoms with Crippen LogP contribution in [0.15, 0.2) is 0 Å². The van der Waals surface area contributed by atoms with Crippen molar-refractivity contribution in [3.8, 4) is 0 Å². The fourth-order valence-corrected chi connectivity index (χ4v) is 3.49. The molecule has 96 valence electrons. The van der Waals surface area contributed by atoms with Gasteiger partial charge in [0.1, 0.15) is 0 Å². The van der Waals surface area contributed by atoms with Crippen molar-refractivity contribution in [1.82, 2.24) is 0 Å². The van der Waals surface area contributed by atoms with Gasteiger partial charge in [0, 0.05) is 0 Å². The van der Waals surface area contributed by atoms with E-state index in [0.29, 0.717) is 10.8 Å². The summed E-state index contributed by atoms with van der Waals surface area (Å²) < 4.78 is 0. The van der Waals surface area contributed by atoms with Gasteiger partial charge < -0.3 is 0 Å². The minimum Gasteiger partial charge on any atom is -0.137 e. The van der Waals surface area contributed by atoms with Crippen molar-refractivity contribution < 1.29 is 0 Å². The van der Waals surface area contributed by atoms with Gasteiger partial charge in [-0.1, -0.05) is 33.6 Å². The van der Waals surface area contributed by atoms with Crippen LogP contribution in [-0.4, -0.2) is 12.3 Å². The summed E-state index contributed by atoms with van der Waals surface area (Å²) in [7, 11) is 5.88. The third-order valence-electron chi connectivity index (χ3n) is 4.44. The molecule has 1 fully saturated rings. The van der Waals surface area contributed by atoms with Crippen molar-refractivity contribution in [2.24, 2.45) is 16.7 Å². The molecule has 0 aromatic heterocycles. The third-order valence-corrected chi connectivity index (χ3v) is 6.53. The van der Waals surface area contributed by atoms with E-state index in [2.05, 4.69) is 39.3 Å². The molecule has 0 saturated heterocycles. The smallest absolute Gasteiger partial charge is 0.0291 e. The molecule has 0 N–H and O–H groups in total. The summed E-state index contributed by atoms with van der Waals surface area (Å²) in [6, 6.07) is 0. The van der Waals surface area contributed by atoms with Crippen LogP contribution in [0.2, 0.25) is 0 Å². The van der Waals surface area contributed by atoms with Crippen molar-refractivity contribution in [3.05, 3.63) is 0 Å². The maximum Gasteiger partial charge on any atom is -0.0291 e. The lowest BCUT2D eigenvalue weighted by atomic mass is 9.80. The van der Waals surface area contributed by atoms with E-state index in [1.807, 2.05) is 0 Å². The number of hydrogen-bond donors (Lipinski definition) is 0. The molecule has 0 amide bonds. The summed E-state index contributed by atoms with van der Waals surface area (Å²) in [6.07, 6.45) is 11.2. The van der Waals surface area contributed by atoms with E-state index < -0.39 is 0 Å². The van der Waals surface area contributed by atoms with E-state index in [1.54, 1.807) is 0 Å². The highest BCUT2D eigenvalue weighted by Crippen LogP contribution is 2.41. The molecule has 16 heavy (non-hydrogen) atoms. The molecule has 0 aromatic rings. The van der Waals surface area contributed by atoms with Gasteiger partial charge in [0.2, 0.25) is 0 Å². The topological polar surface area (TPSA) is 0 Å². The standard InChI is InChI=1S/C14H30P2/c1-13(2,10-15)9-12-5-4-7-14(3,11-16)8-6-12/h12H,4-11,15-16H2,1-3H3. The van der Waals surface area contributed by atoms with Crippen LogP contribution in [-0.2, 0) is 0 Å². The summed E-state index contributed by atoms with van der Waals surface area (Å²) in [5, 5.41) is 0. The first-order valence-corrected chi connectivity index (χ1v) is 8.44. The Kier molecular flexibility index (Phi) is 5.74. The minimum atomic E-state index is 0.525. The molecule has 0 radical (unpaired) electrons. The Morgan fingerprint density at radius 1 is 1.19 bits per heavy atom. The molecule has 0 nitrogen and oxygen atoms in total. The molecule has 0 bridgehead atoms. The van der Waals surface area contributed by atoms with Crippen LogP contribution < -0.4 is 0 Å². The molecule has 0 spiro atoms. The zero-order valence-corrected chi connectivity index (χ0v) is 13.7. The Morgan fingerprint density at radius 3 is 2.44 bits per heavy atom. The van der Waals surface area contributed by atoms with Gasteiger partial charge >= 0.3 is 0 Å². The Bertz CT molecular complexity index is 213. The van der Waals surface area contributed by atoms with Gasteiger partial charge in [0.15, 0.2) is 0 Å². The van der Waals surface area contributed by atoms with Gasteiger partial charge in [0.25, 0.3) is 0 Å². The van der Waals surface area contributed by atoms with Crippen molar-refractivity contribution in [2.75, 3.05) is 12.3 Å². The van der Waals surface area contributed by atoms with Gasteiger partial charge in [-0.05, 0) is 54.8 Å². The Hall–Kier alpha value is 0.860. The number of hydrogen-bond acceptors (Lipinski definition) is 0. The monoisotopic (exact) mass is 260 g/mol. The molecule has 1 saturated carbocycles. The second-order valence-electron chi connectivity index (χ2n) is 6.88. The van der Waals surface area contributed by atoms with E-state index in [9.17, 15) is 0 Å². The molecule has 4 atom stereocenters. The largest absolute Gasteiger partial charge is 0.137 e. The van der Waals surface area contributed by atoms with E-state index in [0.717, 1.165) is 5.92 Å². The van der Waals surface area contributed by atoms with Gasteiger partial charge in [-0.15, -0.1) is 18.5 Å². The highest BCUT2D eigenvalue weighted by atomic mass is 31.0. The van der Waals surface area contributed by atoms with E-state index in [1.165, 1.54) is 50.8 Å². The first-order valence-electron chi connectivity index (χ1n) is 6.81. The fourth-order valence-electron chi connectivity index (χ4n) is 2.91. The van der Waals surface area contributed by atoms with Crippen molar-refractivity contribution >= 4 is 18.5 Å². The molecular formula is C14H30P2. The maximum absolute atomic E-state index is 2.96. The van der Waals surface area contributed by atoms with E-state index in [4.69, 9.17) is 0 Å². The SMILES string of the molecule is CC(C)(CP)CC1CCCC(C)(CP)CC1. The second kappa shape index (κ2) is 6.15. The lowest BCUT2D eigenvalue weighted by Gasteiger charge is -2.29. The highest BCUT2D eigenvalue weighted by Gasteiger charge is 2.29. The second-order valence-corrected chi connectivity index (χ2v) is 7.70. The first-order chi connectivity index (χ1) is 7.41.